The first-order valence-electron chi connectivity index (χ1n) is 6.35. The fourth-order valence-electron chi connectivity index (χ4n) is 1.44. The summed E-state index contributed by atoms with van der Waals surface area (Å²) in [5, 5.41) is 0. The number of allylic oxidation sites excluding steroid dienone is 3. The fourth-order valence-corrected chi connectivity index (χ4v) is 1.44. The minimum absolute atomic E-state index is 0.00334. The molecule has 0 radical (unpaired) electrons. The van der Waals surface area contributed by atoms with Crippen molar-refractivity contribution in [3.8, 4) is 0 Å². The molecule has 4 nitrogen and oxygen atoms in total. The fraction of sp³-hybridized carbons (Fsp3) is 0.250. The Labute approximate surface area is 118 Å². The highest BCUT2D eigenvalue weighted by Crippen LogP contribution is 2.02. The smallest absolute Gasteiger partial charge is 0.438 e. The average molecular weight is 274 g/mol. The summed E-state index contributed by atoms with van der Waals surface area (Å²) in [5.74, 6) is 0.00334. The van der Waals surface area contributed by atoms with Crippen molar-refractivity contribution in [1.29, 1.82) is 0 Å². The normalized spacial score (nSPS) is 10.8. The van der Waals surface area contributed by atoms with Crippen LogP contribution in [0.4, 0.5) is 4.79 Å². The lowest BCUT2D eigenvalue weighted by molar-refractivity contribution is 0.0817. The van der Waals surface area contributed by atoms with Crippen LogP contribution in [0.1, 0.15) is 23.2 Å². The van der Waals surface area contributed by atoms with Gasteiger partial charge in [0, 0.05) is 5.56 Å². The third-order valence-electron chi connectivity index (χ3n) is 2.46. The van der Waals surface area contributed by atoms with Gasteiger partial charge in [0.05, 0.1) is 7.11 Å². The molecule has 1 aromatic rings. The molecule has 20 heavy (non-hydrogen) atoms. The van der Waals surface area contributed by atoms with E-state index in [0.717, 1.165) is 12.8 Å². The van der Waals surface area contributed by atoms with Crippen LogP contribution in [0, 0.1) is 0 Å². The predicted molar refractivity (Wildman–Crippen MR) is 76.6 cm³/mol. The van der Waals surface area contributed by atoms with E-state index < -0.39 is 6.16 Å². The largest absolute Gasteiger partial charge is 0.508 e. The maximum Gasteiger partial charge on any atom is 0.508 e. The summed E-state index contributed by atoms with van der Waals surface area (Å²) in [6.45, 7) is 0.194. The van der Waals surface area contributed by atoms with Gasteiger partial charge in [0.25, 0.3) is 0 Å². The zero-order chi connectivity index (χ0) is 14.6. The van der Waals surface area contributed by atoms with Gasteiger partial charge >= 0.3 is 6.16 Å². The van der Waals surface area contributed by atoms with E-state index in [0.29, 0.717) is 5.56 Å². The number of ketones is 1. The van der Waals surface area contributed by atoms with Crippen LogP contribution in [-0.4, -0.2) is 25.7 Å². The quantitative estimate of drug-likeness (QED) is 0.251. The number of carbonyl (C=O) groups is 2. The van der Waals surface area contributed by atoms with E-state index in [1.807, 2.05) is 30.4 Å². The minimum Gasteiger partial charge on any atom is -0.438 e. The van der Waals surface area contributed by atoms with Crippen LogP contribution in [0.15, 0.2) is 54.6 Å². The van der Waals surface area contributed by atoms with Crippen molar-refractivity contribution in [3.05, 3.63) is 60.2 Å². The monoisotopic (exact) mass is 274 g/mol. The van der Waals surface area contributed by atoms with Gasteiger partial charge in [0.1, 0.15) is 6.61 Å². The second-order valence-electron chi connectivity index (χ2n) is 3.95. The lowest BCUT2D eigenvalue weighted by Crippen LogP contribution is -2.03. The zero-order valence-electron chi connectivity index (χ0n) is 11.5. The van der Waals surface area contributed by atoms with Gasteiger partial charge in [0.2, 0.25) is 0 Å². The van der Waals surface area contributed by atoms with Gasteiger partial charge < -0.3 is 9.47 Å². The van der Waals surface area contributed by atoms with E-state index in [1.165, 1.54) is 7.11 Å². The maximum atomic E-state index is 11.7. The first-order chi connectivity index (χ1) is 9.74. The summed E-state index contributed by atoms with van der Waals surface area (Å²) >= 11 is 0. The zero-order valence-corrected chi connectivity index (χ0v) is 11.5. The summed E-state index contributed by atoms with van der Waals surface area (Å²) in [7, 11) is 1.26. The molecule has 1 rings (SSSR count). The van der Waals surface area contributed by atoms with Crippen LogP contribution in [-0.2, 0) is 9.47 Å². The molecule has 0 aliphatic carbocycles. The second-order valence-corrected chi connectivity index (χ2v) is 3.95. The van der Waals surface area contributed by atoms with Crippen LogP contribution in [0.25, 0.3) is 0 Å². The molecule has 106 valence electrons. The Hall–Kier alpha value is -2.36. The molecule has 0 aromatic heterocycles. The summed E-state index contributed by atoms with van der Waals surface area (Å²) in [5.41, 5.74) is 0.686. The van der Waals surface area contributed by atoms with Crippen LogP contribution >= 0.6 is 0 Å². The Morgan fingerprint density at radius 2 is 1.75 bits per heavy atom. The average Bonchev–Trinajstić information content (AvgIpc) is 2.50. The number of unbranched alkanes of at least 4 members (excludes halogenated alkanes) is 1. The molecular formula is C16H18O4. The molecule has 0 atom stereocenters. The number of benzene rings is 1. The predicted octanol–water partition coefficient (Wildman–Crippen LogP) is 3.54. The standard InChI is InChI=1S/C16H18O4/c1-19-16(18)20-13-9-4-2-3-8-12-15(17)14-10-6-5-7-11-14/h4-12H,2-3,13H2,1H3/b9-4+,12-8+. The van der Waals surface area contributed by atoms with Gasteiger partial charge in [-0.15, -0.1) is 0 Å². The molecule has 0 N–H and O–H groups in total. The second kappa shape index (κ2) is 9.55. The Balaban J connectivity index is 2.18. The number of rotatable bonds is 7. The Morgan fingerprint density at radius 3 is 2.45 bits per heavy atom. The number of carbonyl (C=O) groups excluding carboxylic acids is 2. The molecule has 0 amide bonds. The molecule has 0 fully saturated rings. The SMILES string of the molecule is COC(=O)OC/C=C/CC/C=C/C(=O)c1ccccc1. The van der Waals surface area contributed by atoms with Crippen LogP contribution in [0.3, 0.4) is 0 Å². The summed E-state index contributed by atoms with van der Waals surface area (Å²) in [4.78, 5) is 22.3. The van der Waals surface area contributed by atoms with Crippen molar-refractivity contribution in [1.82, 2.24) is 0 Å². The number of hydrogen-bond acceptors (Lipinski definition) is 4. The summed E-state index contributed by atoms with van der Waals surface area (Å²) < 4.78 is 8.99. The summed E-state index contributed by atoms with van der Waals surface area (Å²) in [6.07, 6.45) is 7.89. The Morgan fingerprint density at radius 1 is 1.05 bits per heavy atom. The van der Waals surface area contributed by atoms with Crippen molar-refractivity contribution < 1.29 is 19.1 Å². The highest BCUT2D eigenvalue weighted by Gasteiger charge is 1.98. The van der Waals surface area contributed by atoms with E-state index in [-0.39, 0.29) is 12.4 Å². The van der Waals surface area contributed by atoms with Crippen LogP contribution in [0.5, 0.6) is 0 Å². The molecule has 0 unspecified atom stereocenters. The first-order valence-corrected chi connectivity index (χ1v) is 6.35. The van der Waals surface area contributed by atoms with Gasteiger partial charge in [0.15, 0.2) is 5.78 Å². The molecule has 1 aromatic carbocycles. The molecule has 0 heterocycles. The molecule has 0 saturated heterocycles. The maximum absolute atomic E-state index is 11.7. The first kappa shape index (κ1) is 15.7. The number of methoxy groups -OCH3 is 1. The molecule has 0 aliphatic rings. The van der Waals surface area contributed by atoms with Crippen molar-refractivity contribution in [2.24, 2.45) is 0 Å². The van der Waals surface area contributed by atoms with Crippen molar-refractivity contribution in [2.75, 3.05) is 13.7 Å². The molecule has 0 saturated carbocycles. The van der Waals surface area contributed by atoms with Crippen LogP contribution in [0.2, 0.25) is 0 Å². The van der Waals surface area contributed by atoms with Crippen LogP contribution < -0.4 is 0 Å². The molecule has 0 bridgehead atoms. The Kier molecular flexibility index (Phi) is 7.50. The van der Waals surface area contributed by atoms with E-state index >= 15 is 0 Å². The summed E-state index contributed by atoms with van der Waals surface area (Å²) in [6, 6.07) is 9.13. The number of ether oxygens (including phenoxy) is 2. The highest BCUT2D eigenvalue weighted by molar-refractivity contribution is 6.04. The van der Waals surface area contributed by atoms with E-state index in [1.54, 1.807) is 24.3 Å². The topological polar surface area (TPSA) is 52.6 Å². The highest BCUT2D eigenvalue weighted by atomic mass is 16.7. The molecule has 0 spiro atoms. The lowest BCUT2D eigenvalue weighted by Gasteiger charge is -1.97. The van der Waals surface area contributed by atoms with Gasteiger partial charge in [-0.25, -0.2) is 4.79 Å². The van der Waals surface area contributed by atoms with E-state index in [9.17, 15) is 9.59 Å². The van der Waals surface area contributed by atoms with E-state index in [4.69, 9.17) is 0 Å². The number of hydrogen-bond donors (Lipinski definition) is 0. The lowest BCUT2D eigenvalue weighted by atomic mass is 10.1. The third-order valence-corrected chi connectivity index (χ3v) is 2.46. The molecular weight excluding hydrogens is 256 g/mol. The molecule has 4 heteroatoms. The Bertz CT molecular complexity index is 475. The van der Waals surface area contributed by atoms with Crippen molar-refractivity contribution in [3.63, 3.8) is 0 Å². The van der Waals surface area contributed by atoms with Crippen molar-refractivity contribution in [2.45, 2.75) is 12.8 Å². The minimum atomic E-state index is -0.692. The van der Waals surface area contributed by atoms with Gasteiger partial charge in [-0.1, -0.05) is 48.6 Å². The van der Waals surface area contributed by atoms with Crippen molar-refractivity contribution >= 4 is 11.9 Å². The van der Waals surface area contributed by atoms with Gasteiger partial charge in [-0.3, -0.25) is 4.79 Å². The van der Waals surface area contributed by atoms with E-state index in [2.05, 4.69) is 9.47 Å². The van der Waals surface area contributed by atoms with Gasteiger partial charge in [-0.2, -0.15) is 0 Å². The molecule has 0 aliphatic heterocycles. The van der Waals surface area contributed by atoms with Gasteiger partial charge in [-0.05, 0) is 18.9 Å². The third kappa shape index (κ3) is 6.54.